The first-order chi connectivity index (χ1) is 14.4. The topological polar surface area (TPSA) is 64.7 Å². The summed E-state index contributed by atoms with van der Waals surface area (Å²) in [5.41, 5.74) is 1.86. The lowest BCUT2D eigenvalue weighted by Gasteiger charge is -2.37. The van der Waals surface area contributed by atoms with Crippen LogP contribution < -0.4 is 10.6 Å². The van der Waals surface area contributed by atoms with E-state index in [1.807, 2.05) is 67.3 Å². The van der Waals surface area contributed by atoms with Crippen LogP contribution in [0.5, 0.6) is 0 Å². The van der Waals surface area contributed by atoms with Crippen molar-refractivity contribution in [2.45, 2.75) is 26.4 Å². The molecule has 1 fully saturated rings. The van der Waals surface area contributed by atoms with Crippen molar-refractivity contribution in [1.82, 2.24) is 15.1 Å². The second-order valence-electron chi connectivity index (χ2n) is 7.92. The van der Waals surface area contributed by atoms with Gasteiger partial charge >= 0.3 is 6.03 Å². The number of nitrogens with one attached hydrogen (secondary N) is 2. The van der Waals surface area contributed by atoms with Crippen LogP contribution in [0, 0.1) is 5.92 Å². The first-order valence-electron chi connectivity index (χ1n) is 10.3. The highest BCUT2D eigenvalue weighted by molar-refractivity contribution is 6.30. The molecule has 0 aliphatic carbocycles. The molecule has 1 aliphatic heterocycles. The lowest BCUT2D eigenvalue weighted by Crippen LogP contribution is -2.56. The number of halogens is 1. The molecule has 7 heteroatoms. The van der Waals surface area contributed by atoms with E-state index in [0.29, 0.717) is 18.8 Å². The molecule has 0 spiro atoms. The van der Waals surface area contributed by atoms with E-state index in [1.54, 1.807) is 0 Å². The Kier molecular flexibility index (Phi) is 7.71. The van der Waals surface area contributed by atoms with Crippen LogP contribution in [0.25, 0.3) is 0 Å². The van der Waals surface area contributed by atoms with E-state index < -0.39 is 6.04 Å². The van der Waals surface area contributed by atoms with Crippen molar-refractivity contribution >= 4 is 29.2 Å². The summed E-state index contributed by atoms with van der Waals surface area (Å²) in [6.07, 6.45) is 0. The number of urea groups is 1. The van der Waals surface area contributed by atoms with Crippen LogP contribution >= 0.6 is 11.6 Å². The second-order valence-corrected chi connectivity index (χ2v) is 8.35. The number of carbonyl (C=O) groups is 2. The minimum Gasteiger partial charge on any atom is -0.338 e. The monoisotopic (exact) mass is 428 g/mol. The number of nitrogens with zero attached hydrogens (tertiary/aromatic N) is 2. The zero-order valence-corrected chi connectivity index (χ0v) is 18.2. The number of rotatable bonds is 6. The Balaban J connectivity index is 1.52. The average molecular weight is 429 g/mol. The molecule has 3 amide bonds. The number of hydrogen-bond acceptors (Lipinski definition) is 3. The van der Waals surface area contributed by atoms with E-state index in [9.17, 15) is 9.59 Å². The summed E-state index contributed by atoms with van der Waals surface area (Å²) in [7, 11) is 0. The maximum atomic E-state index is 13.1. The van der Waals surface area contributed by atoms with Gasteiger partial charge in [-0.2, -0.15) is 0 Å². The Hall–Kier alpha value is -2.57. The molecule has 1 unspecified atom stereocenters. The molecule has 1 heterocycles. The molecule has 1 atom stereocenters. The molecule has 2 aromatic rings. The van der Waals surface area contributed by atoms with Gasteiger partial charge in [0.05, 0.1) is 0 Å². The highest BCUT2D eigenvalue weighted by Crippen LogP contribution is 2.15. The van der Waals surface area contributed by atoms with Gasteiger partial charge in [-0.15, -0.1) is 0 Å². The standard InChI is InChI=1S/C23H29ClN4O2/c1-17(2)21(26-23(30)25-20-9-4-3-5-10-20)22(29)28-13-11-27(12-14-28)16-18-7-6-8-19(24)15-18/h3-10,15,17,21H,11-14,16H2,1-2H3,(H2,25,26,30). The van der Waals surface area contributed by atoms with Crippen molar-refractivity contribution in [3.8, 4) is 0 Å². The van der Waals surface area contributed by atoms with E-state index in [1.165, 1.54) is 5.56 Å². The minimum atomic E-state index is -0.562. The number of hydrogen-bond donors (Lipinski definition) is 2. The third-order valence-electron chi connectivity index (χ3n) is 5.23. The van der Waals surface area contributed by atoms with Crippen molar-refractivity contribution in [2.24, 2.45) is 5.92 Å². The molecule has 0 aromatic heterocycles. The van der Waals surface area contributed by atoms with E-state index in [4.69, 9.17) is 11.6 Å². The van der Waals surface area contributed by atoms with Crippen LogP contribution in [0.2, 0.25) is 5.02 Å². The van der Waals surface area contributed by atoms with Crippen molar-refractivity contribution < 1.29 is 9.59 Å². The number of piperazine rings is 1. The number of benzene rings is 2. The molecule has 6 nitrogen and oxygen atoms in total. The molecular formula is C23H29ClN4O2. The largest absolute Gasteiger partial charge is 0.338 e. The van der Waals surface area contributed by atoms with E-state index in [2.05, 4.69) is 21.6 Å². The molecule has 0 bridgehead atoms. The molecule has 1 saturated heterocycles. The fourth-order valence-electron chi connectivity index (χ4n) is 3.56. The van der Waals surface area contributed by atoms with Gasteiger partial charge in [-0.25, -0.2) is 4.79 Å². The van der Waals surface area contributed by atoms with Crippen molar-refractivity contribution in [3.63, 3.8) is 0 Å². The van der Waals surface area contributed by atoms with Gasteiger partial charge in [0.25, 0.3) is 0 Å². The number of para-hydroxylation sites is 1. The van der Waals surface area contributed by atoms with Gasteiger partial charge in [-0.1, -0.05) is 55.8 Å². The fourth-order valence-corrected chi connectivity index (χ4v) is 3.77. The summed E-state index contributed by atoms with van der Waals surface area (Å²) >= 11 is 6.07. The second kappa shape index (κ2) is 10.5. The Bertz CT molecular complexity index is 851. The third-order valence-corrected chi connectivity index (χ3v) is 5.47. The summed E-state index contributed by atoms with van der Waals surface area (Å²) in [6, 6.07) is 16.1. The van der Waals surface area contributed by atoms with Crippen LogP contribution in [0.1, 0.15) is 19.4 Å². The van der Waals surface area contributed by atoms with Crippen molar-refractivity contribution in [3.05, 3.63) is 65.2 Å². The lowest BCUT2D eigenvalue weighted by molar-refractivity contribution is -0.136. The van der Waals surface area contributed by atoms with Gasteiger partial charge in [0.2, 0.25) is 5.91 Å². The molecule has 1 aliphatic rings. The van der Waals surface area contributed by atoms with Crippen molar-refractivity contribution in [1.29, 1.82) is 0 Å². The van der Waals surface area contributed by atoms with Gasteiger partial charge in [0.15, 0.2) is 0 Å². The summed E-state index contributed by atoms with van der Waals surface area (Å²) in [6.45, 7) is 7.57. The van der Waals surface area contributed by atoms with Gasteiger partial charge < -0.3 is 15.5 Å². The molecule has 3 rings (SSSR count). The molecular weight excluding hydrogens is 400 g/mol. The van der Waals surface area contributed by atoms with Crippen LogP contribution in [-0.4, -0.2) is 54.0 Å². The highest BCUT2D eigenvalue weighted by atomic mass is 35.5. The summed E-state index contributed by atoms with van der Waals surface area (Å²) in [5.74, 6) is -0.0425. The highest BCUT2D eigenvalue weighted by Gasteiger charge is 2.30. The zero-order valence-electron chi connectivity index (χ0n) is 17.5. The van der Waals surface area contributed by atoms with Crippen molar-refractivity contribution in [2.75, 3.05) is 31.5 Å². The smallest absolute Gasteiger partial charge is 0.319 e. The fraction of sp³-hybridized carbons (Fsp3) is 0.391. The van der Waals surface area contributed by atoms with E-state index >= 15 is 0 Å². The van der Waals surface area contributed by atoms with Crippen LogP contribution in [0.3, 0.4) is 0 Å². The molecule has 160 valence electrons. The maximum absolute atomic E-state index is 13.1. The van der Waals surface area contributed by atoms with Crippen LogP contribution in [0.4, 0.5) is 10.5 Å². The van der Waals surface area contributed by atoms with Crippen LogP contribution in [0.15, 0.2) is 54.6 Å². The Labute approximate surface area is 183 Å². The van der Waals surface area contributed by atoms with E-state index in [0.717, 1.165) is 24.7 Å². The number of anilines is 1. The summed E-state index contributed by atoms with van der Waals surface area (Å²) in [5, 5.41) is 6.37. The van der Waals surface area contributed by atoms with Gasteiger partial charge in [0, 0.05) is 43.4 Å². The predicted octanol–water partition coefficient (Wildman–Crippen LogP) is 3.83. The first-order valence-corrected chi connectivity index (χ1v) is 10.7. The first kappa shape index (κ1) is 22.1. The quantitative estimate of drug-likeness (QED) is 0.734. The number of amides is 3. The Morgan fingerprint density at radius 1 is 1.00 bits per heavy atom. The lowest BCUT2D eigenvalue weighted by atomic mass is 10.0. The molecule has 0 saturated carbocycles. The molecule has 0 radical (unpaired) electrons. The minimum absolute atomic E-state index is 0.0106. The SMILES string of the molecule is CC(C)C(NC(=O)Nc1ccccc1)C(=O)N1CCN(Cc2cccc(Cl)c2)CC1. The maximum Gasteiger partial charge on any atom is 0.319 e. The Morgan fingerprint density at radius 2 is 1.70 bits per heavy atom. The van der Waals surface area contributed by atoms with E-state index in [-0.39, 0.29) is 17.9 Å². The molecule has 30 heavy (non-hydrogen) atoms. The molecule has 2 N–H and O–H groups in total. The normalized spacial score (nSPS) is 15.7. The third kappa shape index (κ3) is 6.21. The van der Waals surface area contributed by atoms with Gasteiger partial charge in [0.1, 0.15) is 6.04 Å². The Morgan fingerprint density at radius 3 is 2.33 bits per heavy atom. The average Bonchev–Trinajstić information content (AvgIpc) is 2.73. The number of carbonyl (C=O) groups excluding carboxylic acids is 2. The van der Waals surface area contributed by atoms with Crippen LogP contribution in [-0.2, 0) is 11.3 Å². The van der Waals surface area contributed by atoms with Gasteiger partial charge in [-0.05, 0) is 35.7 Å². The summed E-state index contributed by atoms with van der Waals surface area (Å²) in [4.78, 5) is 29.6. The molecule has 2 aromatic carbocycles. The zero-order chi connectivity index (χ0) is 21.5. The summed E-state index contributed by atoms with van der Waals surface area (Å²) < 4.78 is 0. The van der Waals surface area contributed by atoms with Gasteiger partial charge in [-0.3, -0.25) is 9.69 Å². The predicted molar refractivity (Wildman–Crippen MR) is 121 cm³/mol.